The standard InChI is InChI=1S/C11H24O2S/c1-2-3-7-12-9-6-10-13-8-4-5-11-14/h14H,2-11H2,1H3. The molecule has 0 bridgehead atoms. The normalized spacial score (nSPS) is 10.7. The fourth-order valence-corrected chi connectivity index (χ4v) is 1.25. The second kappa shape index (κ2) is 13.3. The van der Waals surface area contributed by atoms with Gasteiger partial charge in [-0.15, -0.1) is 0 Å². The minimum absolute atomic E-state index is 0.832. The maximum atomic E-state index is 5.43. The van der Waals surface area contributed by atoms with E-state index >= 15 is 0 Å². The first-order valence-electron chi connectivity index (χ1n) is 5.68. The molecule has 0 saturated heterocycles. The Morgan fingerprint density at radius 1 is 0.786 bits per heavy atom. The third-order valence-electron chi connectivity index (χ3n) is 1.92. The Balaban J connectivity index is 2.78. The molecule has 0 heterocycles. The van der Waals surface area contributed by atoms with Crippen molar-refractivity contribution < 1.29 is 9.47 Å². The molecule has 3 heteroatoms. The summed E-state index contributed by atoms with van der Waals surface area (Å²) in [6.45, 7) is 5.62. The quantitative estimate of drug-likeness (QED) is 0.426. The van der Waals surface area contributed by atoms with Crippen molar-refractivity contribution >= 4 is 12.6 Å². The van der Waals surface area contributed by atoms with Crippen LogP contribution in [0.5, 0.6) is 0 Å². The molecule has 2 nitrogen and oxygen atoms in total. The van der Waals surface area contributed by atoms with Crippen LogP contribution in [0.15, 0.2) is 0 Å². The highest BCUT2D eigenvalue weighted by atomic mass is 32.1. The number of ether oxygens (including phenoxy) is 2. The van der Waals surface area contributed by atoms with Crippen molar-refractivity contribution in [1.82, 2.24) is 0 Å². The molecule has 0 atom stereocenters. The van der Waals surface area contributed by atoms with Crippen LogP contribution in [-0.2, 0) is 9.47 Å². The lowest BCUT2D eigenvalue weighted by atomic mass is 10.3. The van der Waals surface area contributed by atoms with E-state index in [9.17, 15) is 0 Å². The molecule has 0 aromatic carbocycles. The van der Waals surface area contributed by atoms with Gasteiger partial charge in [0.1, 0.15) is 0 Å². The Bertz CT molecular complexity index is 87.3. The summed E-state index contributed by atoms with van der Waals surface area (Å²) in [5.74, 6) is 0.962. The molecule has 0 aliphatic heterocycles. The molecule has 0 aliphatic rings. The summed E-state index contributed by atoms with van der Waals surface area (Å²) in [5, 5.41) is 0. The first-order valence-corrected chi connectivity index (χ1v) is 6.31. The molecule has 0 spiro atoms. The van der Waals surface area contributed by atoms with Crippen LogP contribution >= 0.6 is 12.6 Å². The summed E-state index contributed by atoms with van der Waals surface area (Å²) in [6.07, 6.45) is 5.67. The molecule has 86 valence electrons. The van der Waals surface area contributed by atoms with E-state index in [1.54, 1.807) is 0 Å². The SMILES string of the molecule is CCCCOCCCOCCCCS. The van der Waals surface area contributed by atoms with Crippen molar-refractivity contribution in [2.75, 3.05) is 32.2 Å². The fraction of sp³-hybridized carbons (Fsp3) is 1.00. The van der Waals surface area contributed by atoms with Crippen molar-refractivity contribution in [3.8, 4) is 0 Å². The number of hydrogen-bond acceptors (Lipinski definition) is 3. The average molecular weight is 220 g/mol. The van der Waals surface area contributed by atoms with Gasteiger partial charge in [0, 0.05) is 26.4 Å². The van der Waals surface area contributed by atoms with E-state index in [0.717, 1.165) is 51.4 Å². The molecule has 0 saturated carbocycles. The van der Waals surface area contributed by atoms with Gasteiger partial charge in [0.15, 0.2) is 0 Å². The Morgan fingerprint density at radius 2 is 1.36 bits per heavy atom. The van der Waals surface area contributed by atoms with Crippen molar-refractivity contribution in [1.29, 1.82) is 0 Å². The molecule has 0 aromatic rings. The molecule has 0 unspecified atom stereocenters. The second-order valence-electron chi connectivity index (χ2n) is 3.36. The zero-order valence-corrected chi connectivity index (χ0v) is 10.2. The Kier molecular flexibility index (Phi) is 13.5. The van der Waals surface area contributed by atoms with E-state index in [1.165, 1.54) is 12.8 Å². The number of thiol groups is 1. The molecular formula is C11H24O2S. The van der Waals surface area contributed by atoms with Gasteiger partial charge < -0.3 is 9.47 Å². The number of rotatable bonds is 11. The monoisotopic (exact) mass is 220 g/mol. The minimum atomic E-state index is 0.832. The van der Waals surface area contributed by atoms with E-state index in [2.05, 4.69) is 19.6 Å². The molecule has 0 aliphatic carbocycles. The molecule has 0 rings (SSSR count). The molecule has 0 N–H and O–H groups in total. The zero-order valence-electron chi connectivity index (χ0n) is 9.33. The fourth-order valence-electron chi connectivity index (χ4n) is 1.03. The summed E-state index contributed by atoms with van der Waals surface area (Å²) in [7, 11) is 0. The van der Waals surface area contributed by atoms with Gasteiger partial charge in [-0.3, -0.25) is 0 Å². The highest BCUT2D eigenvalue weighted by molar-refractivity contribution is 7.80. The summed E-state index contributed by atoms with van der Waals surface area (Å²) in [4.78, 5) is 0. The first kappa shape index (κ1) is 14.3. The van der Waals surface area contributed by atoms with E-state index in [1.807, 2.05) is 0 Å². The third-order valence-corrected chi connectivity index (χ3v) is 2.23. The average Bonchev–Trinajstić information content (AvgIpc) is 2.21. The van der Waals surface area contributed by atoms with Crippen molar-refractivity contribution in [3.63, 3.8) is 0 Å². The second-order valence-corrected chi connectivity index (χ2v) is 3.81. The predicted molar refractivity (Wildman–Crippen MR) is 64.3 cm³/mol. The largest absolute Gasteiger partial charge is 0.381 e. The lowest BCUT2D eigenvalue weighted by molar-refractivity contribution is 0.0806. The zero-order chi connectivity index (χ0) is 10.5. The van der Waals surface area contributed by atoms with Crippen LogP contribution in [0.4, 0.5) is 0 Å². The minimum Gasteiger partial charge on any atom is -0.381 e. The van der Waals surface area contributed by atoms with E-state index in [0.29, 0.717) is 0 Å². The maximum absolute atomic E-state index is 5.43. The van der Waals surface area contributed by atoms with Gasteiger partial charge in [-0.1, -0.05) is 13.3 Å². The predicted octanol–water partition coefficient (Wildman–Crippen LogP) is 2.92. The number of unbranched alkanes of at least 4 members (excludes halogenated alkanes) is 2. The van der Waals surface area contributed by atoms with Crippen LogP contribution in [-0.4, -0.2) is 32.2 Å². The Morgan fingerprint density at radius 3 is 1.93 bits per heavy atom. The molecule has 0 fully saturated rings. The molecule has 0 aromatic heterocycles. The van der Waals surface area contributed by atoms with E-state index in [-0.39, 0.29) is 0 Å². The van der Waals surface area contributed by atoms with Gasteiger partial charge in [-0.2, -0.15) is 12.6 Å². The molecular weight excluding hydrogens is 196 g/mol. The van der Waals surface area contributed by atoms with Crippen LogP contribution in [0.3, 0.4) is 0 Å². The molecule has 0 radical (unpaired) electrons. The van der Waals surface area contributed by atoms with Gasteiger partial charge >= 0.3 is 0 Å². The van der Waals surface area contributed by atoms with Gasteiger partial charge in [-0.05, 0) is 31.4 Å². The van der Waals surface area contributed by atoms with E-state index in [4.69, 9.17) is 9.47 Å². The van der Waals surface area contributed by atoms with Crippen molar-refractivity contribution in [3.05, 3.63) is 0 Å². The van der Waals surface area contributed by atoms with Crippen LogP contribution in [0, 0.1) is 0 Å². The highest BCUT2D eigenvalue weighted by Gasteiger charge is 1.90. The van der Waals surface area contributed by atoms with Gasteiger partial charge in [0.05, 0.1) is 0 Å². The topological polar surface area (TPSA) is 18.5 Å². The Hall–Kier alpha value is 0.270. The third kappa shape index (κ3) is 12.3. The smallest absolute Gasteiger partial charge is 0.0487 e. The summed E-state index contributed by atoms with van der Waals surface area (Å²) < 4.78 is 10.8. The maximum Gasteiger partial charge on any atom is 0.0487 e. The highest BCUT2D eigenvalue weighted by Crippen LogP contribution is 1.94. The van der Waals surface area contributed by atoms with Gasteiger partial charge in [0.25, 0.3) is 0 Å². The van der Waals surface area contributed by atoms with Crippen molar-refractivity contribution in [2.45, 2.75) is 39.0 Å². The van der Waals surface area contributed by atoms with Crippen LogP contribution < -0.4 is 0 Å². The van der Waals surface area contributed by atoms with E-state index < -0.39 is 0 Å². The molecule has 0 amide bonds. The number of hydrogen-bond donors (Lipinski definition) is 1. The molecule has 14 heavy (non-hydrogen) atoms. The van der Waals surface area contributed by atoms with Crippen LogP contribution in [0.2, 0.25) is 0 Å². The lowest BCUT2D eigenvalue weighted by Gasteiger charge is -2.04. The summed E-state index contributed by atoms with van der Waals surface area (Å²) in [5.41, 5.74) is 0. The van der Waals surface area contributed by atoms with Crippen LogP contribution in [0.25, 0.3) is 0 Å². The summed E-state index contributed by atoms with van der Waals surface area (Å²) >= 11 is 4.14. The van der Waals surface area contributed by atoms with Gasteiger partial charge in [-0.25, -0.2) is 0 Å². The lowest BCUT2D eigenvalue weighted by Crippen LogP contribution is -2.03. The van der Waals surface area contributed by atoms with Crippen molar-refractivity contribution in [2.24, 2.45) is 0 Å². The summed E-state index contributed by atoms with van der Waals surface area (Å²) in [6, 6.07) is 0. The first-order chi connectivity index (χ1) is 6.91. The van der Waals surface area contributed by atoms with Gasteiger partial charge in [0.2, 0.25) is 0 Å². The Labute approximate surface area is 93.8 Å². The van der Waals surface area contributed by atoms with Crippen LogP contribution in [0.1, 0.15) is 39.0 Å².